The molecule has 0 aromatic heterocycles. The Kier molecular flexibility index (Phi) is 36.1. The zero-order valence-electron chi connectivity index (χ0n) is 63.3. The van der Waals surface area contributed by atoms with Gasteiger partial charge in [-0.3, -0.25) is 67.3 Å². The topological polar surface area (TPSA) is 494 Å². The molecule has 1 heterocycles. The lowest BCUT2D eigenvalue weighted by Gasteiger charge is -2.52. The summed E-state index contributed by atoms with van der Waals surface area (Å²) >= 11 is 0. The number of guanidine groups is 1. The molecular formula is C71H118F3N17O14. The summed E-state index contributed by atoms with van der Waals surface area (Å²) in [6.45, 7) is 22.7. The summed E-state index contributed by atoms with van der Waals surface area (Å²) in [5.74, 6) is -13.9. The molecule has 2 aliphatic rings. The third-order valence-electron chi connectivity index (χ3n) is 18.6. The van der Waals surface area contributed by atoms with Crippen LogP contribution < -0.4 is 81.4 Å². The molecule has 1 saturated carbocycles. The smallest absolute Gasteiger partial charge is 0.380 e. The van der Waals surface area contributed by atoms with Crippen LogP contribution in [0.2, 0.25) is 0 Å². The van der Waals surface area contributed by atoms with E-state index >= 15 is 0 Å². The maximum absolute atomic E-state index is 14.4. The molecule has 1 saturated heterocycles. The van der Waals surface area contributed by atoms with Gasteiger partial charge in [-0.15, -0.1) is 0 Å². The van der Waals surface area contributed by atoms with E-state index in [1.807, 2.05) is 58.0 Å². The maximum Gasteiger partial charge on any atom is 0.417 e. The lowest BCUT2D eigenvalue weighted by atomic mass is 9.63. The highest BCUT2D eigenvalue weighted by Crippen LogP contribution is 2.51. The van der Waals surface area contributed by atoms with Gasteiger partial charge in [-0.2, -0.15) is 13.2 Å². The number of primary amides is 1. The minimum Gasteiger partial charge on any atom is -0.380 e. The van der Waals surface area contributed by atoms with Gasteiger partial charge in [0.2, 0.25) is 76.8 Å². The third-order valence-corrected chi connectivity index (χ3v) is 18.6. The number of hydrogen-bond acceptors (Lipinski definition) is 16. The van der Waals surface area contributed by atoms with Crippen LogP contribution >= 0.6 is 0 Å². The number of nitrogens with zero attached hydrogens (tertiary/aromatic N) is 2. The number of aliphatic hydroxyl groups is 1. The van der Waals surface area contributed by atoms with Crippen LogP contribution in [0.5, 0.6) is 0 Å². The van der Waals surface area contributed by atoms with Crippen molar-refractivity contribution >= 4 is 82.8 Å². The first-order valence-electron chi connectivity index (χ1n) is 36.4. The lowest BCUT2D eigenvalue weighted by Crippen LogP contribution is -2.76. The van der Waals surface area contributed by atoms with E-state index in [-0.39, 0.29) is 88.2 Å². The van der Waals surface area contributed by atoms with Gasteiger partial charge in [-0.25, -0.2) is 0 Å². The Balaban J connectivity index is 1.82. The van der Waals surface area contributed by atoms with Gasteiger partial charge in [0, 0.05) is 25.9 Å². The Morgan fingerprint density at radius 1 is 0.571 bits per heavy atom. The van der Waals surface area contributed by atoms with E-state index in [0.717, 1.165) is 5.56 Å². The largest absolute Gasteiger partial charge is 0.417 e. The van der Waals surface area contributed by atoms with E-state index in [1.54, 1.807) is 55.4 Å². The van der Waals surface area contributed by atoms with Crippen molar-refractivity contribution in [2.45, 2.75) is 258 Å². The van der Waals surface area contributed by atoms with Crippen LogP contribution in [0.25, 0.3) is 0 Å². The summed E-state index contributed by atoms with van der Waals surface area (Å²) in [5.41, 5.74) is 17.7. The molecule has 1 aromatic carbocycles. The Bertz CT molecular complexity index is 3160. The highest BCUT2D eigenvalue weighted by molar-refractivity contribution is 6.00. The Labute approximate surface area is 614 Å². The van der Waals surface area contributed by atoms with E-state index in [4.69, 9.17) is 22.9 Å². The van der Waals surface area contributed by atoms with E-state index < -0.39 is 204 Å². The average molecular weight is 1490 g/mol. The fraction of sp³-hybridized carbons (Fsp3) is 0.718. The van der Waals surface area contributed by atoms with Crippen LogP contribution in [0.3, 0.4) is 0 Å². The number of nitrogens with two attached hydrogens (primary N) is 4. The zero-order valence-corrected chi connectivity index (χ0v) is 63.3. The molecule has 12 atom stereocenters. The molecule has 0 radical (unpaired) electrons. The van der Waals surface area contributed by atoms with Gasteiger partial charge in [-0.1, -0.05) is 140 Å². The molecule has 31 nitrogen and oxygen atoms in total. The number of carbonyl (C=O) groups excluding carboxylic acids is 13. The van der Waals surface area contributed by atoms with Crippen LogP contribution in [0, 0.1) is 41.4 Å². The monoisotopic (exact) mass is 1490 g/mol. The van der Waals surface area contributed by atoms with Crippen molar-refractivity contribution in [1.29, 1.82) is 0 Å². The Morgan fingerprint density at radius 2 is 1.05 bits per heavy atom. The summed E-state index contributed by atoms with van der Waals surface area (Å²) in [6, 6.07) is -3.22. The molecule has 0 bridgehead atoms. The van der Waals surface area contributed by atoms with Crippen molar-refractivity contribution in [1.82, 2.24) is 63.4 Å². The number of benzene rings is 1. The molecule has 1 aliphatic carbocycles. The number of alkyl halides is 3. The number of amides is 13. The SMILES string of the molecule is CC[C@H](C)[C@H](NC(=O)CNC(=O)C1(NC(=O)[C@H](CC(C)C)NC(=O)[C@@H](NC(=O)[C@H](CCCN=C(N)N)NC(=O)CNC(=O)[C@@H](NC(=O)[C@H](CC(C)C)NC(=O)[C@@H]2CCCN2C(=O)[C@H](CC(C)C)NC(=O)[C@@H](N)Cc2ccccc2)[C@@H](C)CC)C(C)C)CC(O)(C(F)(F)F)C1)C(=O)N[C@@H](CC(C)C)C(N)=O. The first kappa shape index (κ1) is 90.5. The van der Waals surface area contributed by atoms with Gasteiger partial charge in [-0.05, 0) is 105 Å². The second kappa shape index (κ2) is 41.9. The number of nitrogens with one attached hydrogen (secondary N) is 11. The molecule has 13 amide bonds. The van der Waals surface area contributed by atoms with Gasteiger partial charge < -0.3 is 91.4 Å². The molecule has 3 rings (SSSR count). The van der Waals surface area contributed by atoms with Crippen LogP contribution in [0.4, 0.5) is 13.2 Å². The molecule has 20 N–H and O–H groups in total. The number of rotatable bonds is 43. The second-order valence-electron chi connectivity index (χ2n) is 30.1. The summed E-state index contributed by atoms with van der Waals surface area (Å²) in [6.07, 6.45) is -6.24. The highest BCUT2D eigenvalue weighted by atomic mass is 19.4. The molecule has 34 heteroatoms. The van der Waals surface area contributed by atoms with Crippen molar-refractivity contribution < 1.29 is 80.6 Å². The fourth-order valence-electron chi connectivity index (χ4n) is 12.4. The summed E-state index contributed by atoms with van der Waals surface area (Å²) < 4.78 is 42.9. The summed E-state index contributed by atoms with van der Waals surface area (Å²) in [5, 5.41) is 38.8. The number of carbonyl (C=O) groups is 13. The van der Waals surface area contributed by atoms with E-state index in [2.05, 4.69) is 63.5 Å². The number of hydrogen-bond donors (Lipinski definition) is 16. The van der Waals surface area contributed by atoms with Crippen molar-refractivity contribution in [2.24, 2.45) is 69.4 Å². The molecule has 0 spiro atoms. The molecule has 1 aliphatic heterocycles. The minimum absolute atomic E-state index is 0.0303. The van der Waals surface area contributed by atoms with Crippen molar-refractivity contribution in [3.05, 3.63) is 35.9 Å². The highest BCUT2D eigenvalue weighted by Gasteiger charge is 2.70. The van der Waals surface area contributed by atoms with Crippen LogP contribution in [-0.4, -0.2) is 197 Å². The van der Waals surface area contributed by atoms with E-state index in [0.29, 0.717) is 19.3 Å². The summed E-state index contributed by atoms with van der Waals surface area (Å²) in [7, 11) is 0. The number of halogens is 3. The summed E-state index contributed by atoms with van der Waals surface area (Å²) in [4.78, 5) is 186. The fourth-order valence-corrected chi connectivity index (χ4v) is 12.4. The zero-order chi connectivity index (χ0) is 79.6. The first-order valence-corrected chi connectivity index (χ1v) is 36.4. The predicted molar refractivity (Wildman–Crippen MR) is 386 cm³/mol. The van der Waals surface area contributed by atoms with Gasteiger partial charge in [0.05, 0.1) is 19.1 Å². The lowest BCUT2D eigenvalue weighted by molar-refractivity contribution is -0.301. The Hall–Kier alpha value is -8.69. The molecule has 592 valence electrons. The van der Waals surface area contributed by atoms with Crippen molar-refractivity contribution in [2.75, 3.05) is 26.2 Å². The normalized spacial score (nSPS) is 19.7. The van der Waals surface area contributed by atoms with E-state index in [1.165, 1.54) is 18.7 Å². The number of aliphatic imine (C=N–C) groups is 1. The van der Waals surface area contributed by atoms with Gasteiger partial charge >= 0.3 is 6.18 Å². The van der Waals surface area contributed by atoms with Gasteiger partial charge in [0.25, 0.3) is 0 Å². The van der Waals surface area contributed by atoms with E-state index in [9.17, 15) is 80.6 Å². The predicted octanol–water partition coefficient (Wildman–Crippen LogP) is 0.0719. The van der Waals surface area contributed by atoms with Crippen LogP contribution in [0.15, 0.2) is 35.3 Å². The molecule has 1 aromatic rings. The van der Waals surface area contributed by atoms with Crippen LogP contribution in [-0.2, 0) is 68.7 Å². The standard InChI is InChI=1S/C71H118F3N17O14/c1-15-42(13)55(89-60(97)48(29-38(5)6)84-62(99)51-25-21-27-91(51)66(103)50(31-40(9)10)86-58(95)45(75)32-44-22-18-17-19-23-44)63(100)80-33-52(92)82-46(24-20-26-79-68(77)78)59(96)88-54(41(11)12)64(101)85-49(30-39(7)8)61(98)90-69(35-70(105,36-69)71(72,73)74)67(104)81-34-53(93)87-56(43(14)16-2)65(102)83-47(57(76)94)28-37(3)4/h17-19,22-23,37-43,45-51,54-56,105H,15-16,20-21,24-36,75H2,1-14H3,(H2,76,94)(H,80,100)(H,81,104)(H,82,92)(H,83,102)(H,84,99)(H,85,101)(H,86,95)(H,87,93)(H,88,96)(H,89,97)(H,90,98)(H4,77,78,79)/t42-,43-,45-,46-,47-,48-,49-,50-,51-,54-,55-,56-,69?,70?/m0/s1. The van der Waals surface area contributed by atoms with Crippen LogP contribution in [0.1, 0.15) is 180 Å². The molecule has 2 fully saturated rings. The molecule has 0 unspecified atom stereocenters. The second-order valence-corrected chi connectivity index (χ2v) is 30.1. The molecule has 105 heavy (non-hydrogen) atoms. The van der Waals surface area contributed by atoms with Crippen molar-refractivity contribution in [3.8, 4) is 0 Å². The molecular weight excluding hydrogens is 1370 g/mol. The quantitative estimate of drug-likeness (QED) is 0.0234. The van der Waals surface area contributed by atoms with Crippen molar-refractivity contribution in [3.63, 3.8) is 0 Å². The van der Waals surface area contributed by atoms with Gasteiger partial charge in [0.1, 0.15) is 59.9 Å². The third kappa shape index (κ3) is 28.6. The first-order chi connectivity index (χ1) is 48.9. The Morgan fingerprint density at radius 3 is 1.57 bits per heavy atom. The average Bonchev–Trinajstić information content (AvgIpc) is 0.895. The number of likely N-dealkylation sites (tertiary alicyclic amines) is 1. The maximum atomic E-state index is 14.4. The van der Waals surface area contributed by atoms with Gasteiger partial charge in [0.15, 0.2) is 11.6 Å². The minimum atomic E-state index is -5.30.